The number of hydrogen-bond donors (Lipinski definition) is 2. The molecule has 0 saturated carbocycles. The summed E-state index contributed by atoms with van der Waals surface area (Å²) in [5, 5.41) is 9.47. The van der Waals surface area contributed by atoms with Crippen LogP contribution in [-0.2, 0) is 19.9 Å². The van der Waals surface area contributed by atoms with Crippen LogP contribution in [0.1, 0.15) is 12.0 Å². The average molecular weight is 619 g/mol. The molecule has 7 rings (SSSR count). The molecule has 10 heteroatoms. The van der Waals surface area contributed by atoms with Crippen LogP contribution in [0.4, 0.5) is 20.6 Å². The van der Waals surface area contributed by atoms with E-state index in [2.05, 4.69) is 10.6 Å². The van der Waals surface area contributed by atoms with Crippen LogP contribution in [0.15, 0.2) is 108 Å². The molecule has 8 nitrogen and oxygen atoms in total. The van der Waals surface area contributed by atoms with Gasteiger partial charge in [-0.15, -0.1) is 11.8 Å². The smallest absolute Gasteiger partial charge is 0.325 e. The van der Waals surface area contributed by atoms with E-state index in [1.54, 1.807) is 18.2 Å². The molecule has 1 fully saturated rings. The number of fused-ring (bicyclic) bond motifs is 4. The molecular formula is C35H27FN4O4S. The summed E-state index contributed by atoms with van der Waals surface area (Å²) >= 11 is 1.45. The molecule has 1 spiro atoms. The van der Waals surface area contributed by atoms with Gasteiger partial charge in [0, 0.05) is 27.6 Å². The van der Waals surface area contributed by atoms with Crippen molar-refractivity contribution >= 4 is 68.4 Å². The number of benzene rings is 5. The number of anilines is 2. The van der Waals surface area contributed by atoms with Gasteiger partial charge in [-0.25, -0.2) is 9.18 Å². The molecule has 45 heavy (non-hydrogen) atoms. The summed E-state index contributed by atoms with van der Waals surface area (Å²) in [5.74, 6) is -1.87. The lowest BCUT2D eigenvalue weighted by Gasteiger charge is -2.39. The lowest BCUT2D eigenvalue weighted by Crippen LogP contribution is -2.51. The Balaban J connectivity index is 1.18. The number of halogens is 1. The summed E-state index contributed by atoms with van der Waals surface area (Å²) in [5.41, 5.74) is -0.277. The molecule has 0 unspecified atom stereocenters. The van der Waals surface area contributed by atoms with E-state index in [0.717, 1.165) is 26.4 Å². The molecule has 1 atom stereocenters. The van der Waals surface area contributed by atoms with Gasteiger partial charge >= 0.3 is 6.03 Å². The molecule has 2 heterocycles. The van der Waals surface area contributed by atoms with Crippen molar-refractivity contribution in [3.63, 3.8) is 0 Å². The zero-order chi connectivity index (χ0) is 31.1. The van der Waals surface area contributed by atoms with Crippen molar-refractivity contribution in [3.05, 3.63) is 115 Å². The molecule has 224 valence electrons. The number of thioether (sulfide) groups is 1. The summed E-state index contributed by atoms with van der Waals surface area (Å²) < 4.78 is 14.6. The van der Waals surface area contributed by atoms with E-state index < -0.39 is 48.2 Å². The van der Waals surface area contributed by atoms with Crippen molar-refractivity contribution in [2.75, 3.05) is 29.5 Å². The largest absolute Gasteiger partial charge is 0.328 e. The Labute approximate surface area is 262 Å². The first-order chi connectivity index (χ1) is 21.8. The monoisotopic (exact) mass is 618 g/mol. The number of urea groups is 1. The topological polar surface area (TPSA) is 98.8 Å². The number of imide groups is 1. The SMILES string of the molecule is O=C(CN1C(=O)N(CC(=O)Nc2ccc3ccccc3c2)[C@]2(CCSc3ccc(F)cc32)C1=O)Nc1ccc2ccccc2c1. The molecule has 0 aliphatic carbocycles. The maximum Gasteiger partial charge on any atom is 0.328 e. The maximum absolute atomic E-state index is 14.6. The highest BCUT2D eigenvalue weighted by Gasteiger charge is 2.60. The van der Waals surface area contributed by atoms with Gasteiger partial charge in [0.05, 0.1) is 0 Å². The molecule has 5 aromatic rings. The zero-order valence-corrected chi connectivity index (χ0v) is 24.8. The van der Waals surface area contributed by atoms with Crippen molar-refractivity contribution in [2.45, 2.75) is 16.9 Å². The maximum atomic E-state index is 14.6. The van der Waals surface area contributed by atoms with Crippen LogP contribution in [0, 0.1) is 5.82 Å². The van der Waals surface area contributed by atoms with Crippen LogP contribution in [0.2, 0.25) is 0 Å². The molecule has 0 aromatic heterocycles. The first-order valence-corrected chi connectivity index (χ1v) is 15.4. The van der Waals surface area contributed by atoms with E-state index in [4.69, 9.17) is 0 Å². The van der Waals surface area contributed by atoms with Gasteiger partial charge in [0.2, 0.25) is 11.8 Å². The molecule has 5 aromatic carbocycles. The first-order valence-electron chi connectivity index (χ1n) is 14.5. The van der Waals surface area contributed by atoms with Crippen LogP contribution in [-0.4, -0.2) is 52.4 Å². The molecular weight excluding hydrogens is 591 g/mol. The van der Waals surface area contributed by atoms with E-state index in [1.807, 2.05) is 72.8 Å². The van der Waals surface area contributed by atoms with Crippen LogP contribution in [0.3, 0.4) is 0 Å². The van der Waals surface area contributed by atoms with Crippen molar-refractivity contribution in [2.24, 2.45) is 0 Å². The van der Waals surface area contributed by atoms with Crippen molar-refractivity contribution < 1.29 is 23.6 Å². The molecule has 5 amide bonds. The number of carbonyl (C=O) groups is 4. The van der Waals surface area contributed by atoms with Gasteiger partial charge in [-0.2, -0.15) is 0 Å². The van der Waals surface area contributed by atoms with Crippen molar-refractivity contribution in [3.8, 4) is 0 Å². The normalized spacial score (nSPS) is 17.6. The molecule has 0 radical (unpaired) electrons. The van der Waals surface area contributed by atoms with Gasteiger partial charge in [0.25, 0.3) is 5.91 Å². The summed E-state index contributed by atoms with van der Waals surface area (Å²) in [7, 11) is 0. The third-order valence-electron chi connectivity index (χ3n) is 8.30. The van der Waals surface area contributed by atoms with Gasteiger partial charge in [0.1, 0.15) is 18.9 Å². The van der Waals surface area contributed by atoms with Crippen LogP contribution in [0.25, 0.3) is 21.5 Å². The second-order valence-corrected chi connectivity index (χ2v) is 12.2. The average Bonchev–Trinajstić information content (AvgIpc) is 3.22. The highest BCUT2D eigenvalue weighted by molar-refractivity contribution is 7.99. The summed E-state index contributed by atoms with van der Waals surface area (Å²) in [4.78, 5) is 57.6. The van der Waals surface area contributed by atoms with Crippen LogP contribution in [0.5, 0.6) is 0 Å². The van der Waals surface area contributed by atoms with Crippen molar-refractivity contribution in [1.29, 1.82) is 0 Å². The fraction of sp³-hybridized carbons (Fsp3) is 0.143. The van der Waals surface area contributed by atoms with E-state index in [9.17, 15) is 23.6 Å². The quantitative estimate of drug-likeness (QED) is 0.216. The van der Waals surface area contributed by atoms with E-state index in [0.29, 0.717) is 27.6 Å². The Kier molecular flexibility index (Phi) is 7.21. The zero-order valence-electron chi connectivity index (χ0n) is 24.0. The predicted octanol–water partition coefficient (Wildman–Crippen LogP) is 6.36. The molecule has 1 saturated heterocycles. The third kappa shape index (κ3) is 5.17. The summed E-state index contributed by atoms with van der Waals surface area (Å²) in [6, 6.07) is 29.6. The second kappa shape index (κ2) is 11.4. The van der Waals surface area contributed by atoms with Crippen LogP contribution >= 0.6 is 11.8 Å². The van der Waals surface area contributed by atoms with Crippen LogP contribution < -0.4 is 10.6 Å². The van der Waals surface area contributed by atoms with Crippen molar-refractivity contribution in [1.82, 2.24) is 9.80 Å². The lowest BCUT2D eigenvalue weighted by molar-refractivity contribution is -0.136. The first kappa shape index (κ1) is 28.5. The molecule has 2 aliphatic rings. The fourth-order valence-electron chi connectivity index (χ4n) is 6.20. The third-order valence-corrected chi connectivity index (χ3v) is 9.38. The van der Waals surface area contributed by atoms with Gasteiger partial charge in [-0.3, -0.25) is 24.2 Å². The Bertz CT molecular complexity index is 2030. The van der Waals surface area contributed by atoms with Gasteiger partial charge in [-0.1, -0.05) is 60.7 Å². The Morgan fingerprint density at radius 3 is 1.93 bits per heavy atom. The Hall–Kier alpha value is -5.22. The Morgan fingerprint density at radius 2 is 1.31 bits per heavy atom. The minimum Gasteiger partial charge on any atom is -0.325 e. The summed E-state index contributed by atoms with van der Waals surface area (Å²) in [6.45, 7) is -1.03. The minimum atomic E-state index is -1.64. The number of nitrogens with zero attached hydrogens (tertiary/aromatic N) is 2. The fourth-order valence-corrected chi connectivity index (χ4v) is 7.36. The van der Waals surface area contributed by atoms with Gasteiger partial charge in [0.15, 0.2) is 5.54 Å². The number of nitrogens with one attached hydrogen (secondary N) is 2. The summed E-state index contributed by atoms with van der Waals surface area (Å²) in [6.07, 6.45) is 0.157. The standard InChI is InChI=1S/C35H27FN4O4S/c36-26-11-14-30-29(19-26)35(15-16-45-30)33(43)39(20-31(41)37-27-12-9-22-5-1-3-7-24(22)17-27)34(44)40(35)21-32(42)38-28-13-10-23-6-2-4-8-25(23)18-28/h1-14,17-19H,15-16,20-21H2,(H,37,41)(H,38,42)/t35-/m0/s1. The minimum absolute atomic E-state index is 0.157. The number of amides is 5. The highest BCUT2D eigenvalue weighted by Crippen LogP contribution is 2.48. The number of carbonyl (C=O) groups excluding carboxylic acids is 4. The van der Waals surface area contributed by atoms with E-state index in [1.165, 1.54) is 28.8 Å². The second-order valence-electron chi connectivity index (χ2n) is 11.1. The Morgan fingerprint density at radius 1 is 0.733 bits per heavy atom. The van der Waals surface area contributed by atoms with Gasteiger partial charge < -0.3 is 10.6 Å². The lowest BCUT2D eigenvalue weighted by atomic mass is 9.84. The van der Waals surface area contributed by atoms with E-state index in [-0.39, 0.29) is 6.42 Å². The van der Waals surface area contributed by atoms with Gasteiger partial charge in [-0.05, 0) is 70.4 Å². The highest BCUT2D eigenvalue weighted by atomic mass is 32.2. The molecule has 2 N–H and O–H groups in total. The predicted molar refractivity (Wildman–Crippen MR) is 172 cm³/mol. The molecule has 0 bridgehead atoms. The van der Waals surface area contributed by atoms with E-state index >= 15 is 0 Å². The molecule has 2 aliphatic heterocycles. The number of hydrogen-bond acceptors (Lipinski definition) is 5. The number of rotatable bonds is 6.